The summed E-state index contributed by atoms with van der Waals surface area (Å²) in [7, 11) is 2.94. The minimum atomic E-state index is -0.686. The highest BCUT2D eigenvalue weighted by Crippen LogP contribution is 2.31. The number of amidine groups is 1. The molecule has 0 aliphatic heterocycles. The Labute approximate surface area is 274 Å². The molecule has 0 aliphatic rings. The molecule has 244 valence electrons. The molecule has 1 heterocycles. The van der Waals surface area contributed by atoms with E-state index in [-0.39, 0.29) is 53.2 Å². The van der Waals surface area contributed by atoms with Crippen molar-refractivity contribution in [2.24, 2.45) is 11.1 Å². The molecule has 0 saturated heterocycles. The van der Waals surface area contributed by atoms with E-state index >= 15 is 0 Å². The van der Waals surface area contributed by atoms with E-state index in [0.717, 1.165) is 5.56 Å². The van der Waals surface area contributed by atoms with Gasteiger partial charge in [-0.1, -0.05) is 57.2 Å². The Morgan fingerprint density at radius 2 is 1.55 bits per heavy atom. The summed E-state index contributed by atoms with van der Waals surface area (Å²) in [6, 6.07) is 23.6. The molecule has 4 N–H and O–H groups in total. The van der Waals surface area contributed by atoms with Crippen molar-refractivity contribution in [1.29, 1.82) is 5.41 Å². The summed E-state index contributed by atoms with van der Waals surface area (Å²) in [5.74, 6) is -1.50. The van der Waals surface area contributed by atoms with Crippen LogP contribution in [-0.4, -0.2) is 61.0 Å². The van der Waals surface area contributed by atoms with Crippen molar-refractivity contribution >= 4 is 29.3 Å². The van der Waals surface area contributed by atoms with Gasteiger partial charge in [-0.2, -0.15) is 0 Å². The molecular weight excluding hydrogens is 598 g/mol. The van der Waals surface area contributed by atoms with E-state index in [9.17, 15) is 14.4 Å². The molecule has 1 aromatic heterocycles. The third-order valence-electron chi connectivity index (χ3n) is 6.97. The Balaban J connectivity index is 1.79. The van der Waals surface area contributed by atoms with E-state index in [4.69, 9.17) is 25.4 Å². The van der Waals surface area contributed by atoms with Crippen LogP contribution in [-0.2, 0) is 16.1 Å². The van der Waals surface area contributed by atoms with E-state index < -0.39 is 11.9 Å². The average molecular weight is 638 g/mol. The van der Waals surface area contributed by atoms with Crippen LogP contribution in [0, 0.1) is 10.8 Å². The minimum Gasteiger partial charge on any atom is -0.481 e. The van der Waals surface area contributed by atoms with Crippen LogP contribution in [0.3, 0.4) is 0 Å². The summed E-state index contributed by atoms with van der Waals surface area (Å²) in [6.07, 6.45) is 0. The van der Waals surface area contributed by atoms with Crippen LogP contribution in [0.5, 0.6) is 5.88 Å². The number of anilines is 1. The summed E-state index contributed by atoms with van der Waals surface area (Å²) >= 11 is 0. The minimum absolute atomic E-state index is 0.00156. The van der Waals surface area contributed by atoms with Gasteiger partial charge in [-0.25, -0.2) is 9.78 Å². The molecule has 4 aromatic rings. The Morgan fingerprint density at radius 3 is 2.17 bits per heavy atom. The van der Waals surface area contributed by atoms with Gasteiger partial charge in [0.25, 0.3) is 11.8 Å². The smallest absolute Gasteiger partial charge is 0.339 e. The predicted octanol–water partition coefficient (Wildman–Crippen LogP) is 5.74. The highest BCUT2D eigenvalue weighted by molar-refractivity contribution is 6.10. The molecular formula is C36H39N5O6. The third kappa shape index (κ3) is 9.01. The molecule has 0 atom stereocenters. The largest absolute Gasteiger partial charge is 0.481 e. The highest BCUT2D eigenvalue weighted by Gasteiger charge is 2.26. The summed E-state index contributed by atoms with van der Waals surface area (Å²) in [5, 5.41) is 10.4. The number of rotatable bonds is 12. The molecule has 0 fully saturated rings. The standard InChI is InChI=1S/C36H39N5O6/c1-36(2,3)21-41(22-45-4)34(43)25-13-16-27(29(19-25)35(44)47-20-23-9-7-6-8-10-23)28-17-18-30(46-5)40-31(28)33(42)39-26-14-11-24(12-15-26)32(37)38/h6-19H,20-22H2,1-5H3,(H3,37,38)(H,39,42). The molecule has 4 rings (SSSR count). The second kappa shape index (κ2) is 15.2. The van der Waals surface area contributed by atoms with Gasteiger partial charge in [0.2, 0.25) is 5.88 Å². The molecule has 11 heteroatoms. The lowest BCUT2D eigenvalue weighted by Crippen LogP contribution is -2.39. The fourth-order valence-electron chi connectivity index (χ4n) is 4.84. The number of nitrogens with one attached hydrogen (secondary N) is 2. The van der Waals surface area contributed by atoms with Gasteiger partial charge in [0, 0.05) is 42.1 Å². The molecule has 0 aliphatic carbocycles. The van der Waals surface area contributed by atoms with Crippen LogP contribution in [0.2, 0.25) is 0 Å². The van der Waals surface area contributed by atoms with Crippen molar-refractivity contribution in [2.75, 3.05) is 32.8 Å². The Morgan fingerprint density at radius 1 is 0.894 bits per heavy atom. The van der Waals surface area contributed by atoms with Gasteiger partial charge < -0.3 is 30.2 Å². The number of nitrogens with zero attached hydrogens (tertiary/aromatic N) is 2. The van der Waals surface area contributed by atoms with Crippen LogP contribution in [0.4, 0.5) is 5.69 Å². The van der Waals surface area contributed by atoms with Gasteiger partial charge in [0.1, 0.15) is 24.9 Å². The molecule has 11 nitrogen and oxygen atoms in total. The number of ether oxygens (including phenoxy) is 3. The van der Waals surface area contributed by atoms with Crippen LogP contribution in [0.1, 0.15) is 63.1 Å². The van der Waals surface area contributed by atoms with Gasteiger partial charge in [-0.3, -0.25) is 15.0 Å². The SMILES string of the molecule is COCN(CC(C)(C)C)C(=O)c1ccc(-c2ccc(OC)nc2C(=O)Nc2ccc(C(=N)N)cc2)c(C(=O)OCc2ccccc2)c1. The number of hydrogen-bond donors (Lipinski definition) is 3. The predicted molar refractivity (Wildman–Crippen MR) is 180 cm³/mol. The van der Waals surface area contributed by atoms with Crippen molar-refractivity contribution in [3.05, 3.63) is 113 Å². The maximum atomic E-state index is 13.7. The molecule has 0 spiro atoms. The second-order valence-electron chi connectivity index (χ2n) is 12.0. The first-order valence-electron chi connectivity index (χ1n) is 14.8. The number of esters is 1. The van der Waals surface area contributed by atoms with Crippen molar-refractivity contribution in [3.8, 4) is 17.0 Å². The van der Waals surface area contributed by atoms with Crippen molar-refractivity contribution in [3.63, 3.8) is 0 Å². The van der Waals surface area contributed by atoms with E-state index in [1.54, 1.807) is 53.4 Å². The normalized spacial score (nSPS) is 11.0. The topological polar surface area (TPSA) is 157 Å². The van der Waals surface area contributed by atoms with Crippen molar-refractivity contribution in [1.82, 2.24) is 9.88 Å². The first-order chi connectivity index (χ1) is 22.4. The second-order valence-corrected chi connectivity index (χ2v) is 12.0. The Hall–Kier alpha value is -5.55. The fraction of sp³-hybridized carbons (Fsp3) is 0.250. The number of aromatic nitrogens is 1. The number of carbonyl (C=O) groups excluding carboxylic acids is 3. The first kappa shape index (κ1) is 34.3. The number of hydrogen-bond acceptors (Lipinski definition) is 8. The van der Waals surface area contributed by atoms with Crippen LogP contribution < -0.4 is 15.8 Å². The number of methoxy groups -OCH3 is 2. The lowest BCUT2D eigenvalue weighted by Gasteiger charge is -2.29. The number of nitrogens with two attached hydrogens (primary N) is 1. The van der Waals surface area contributed by atoms with Gasteiger partial charge in [0.15, 0.2) is 0 Å². The fourth-order valence-corrected chi connectivity index (χ4v) is 4.84. The number of benzene rings is 3. The third-order valence-corrected chi connectivity index (χ3v) is 6.97. The zero-order valence-corrected chi connectivity index (χ0v) is 27.1. The van der Waals surface area contributed by atoms with Gasteiger partial charge in [-0.15, -0.1) is 0 Å². The molecule has 0 saturated carbocycles. The van der Waals surface area contributed by atoms with Crippen molar-refractivity contribution < 1.29 is 28.6 Å². The monoisotopic (exact) mass is 637 g/mol. The highest BCUT2D eigenvalue weighted by atomic mass is 16.5. The van der Waals surface area contributed by atoms with Gasteiger partial charge >= 0.3 is 5.97 Å². The zero-order chi connectivity index (χ0) is 34.1. The average Bonchev–Trinajstić information content (AvgIpc) is 3.06. The Bertz CT molecular complexity index is 1750. The number of pyridine rings is 1. The van der Waals surface area contributed by atoms with E-state index in [0.29, 0.717) is 28.9 Å². The Kier molecular flexibility index (Phi) is 11.1. The summed E-state index contributed by atoms with van der Waals surface area (Å²) in [5.41, 5.74) is 8.03. The number of amides is 2. The maximum Gasteiger partial charge on any atom is 0.339 e. The lowest BCUT2D eigenvalue weighted by atomic mass is 9.94. The van der Waals surface area contributed by atoms with Crippen LogP contribution in [0.15, 0.2) is 84.9 Å². The summed E-state index contributed by atoms with van der Waals surface area (Å²) < 4.78 is 16.3. The van der Waals surface area contributed by atoms with Gasteiger partial charge in [0.05, 0.1) is 12.7 Å². The molecule has 0 radical (unpaired) electrons. The van der Waals surface area contributed by atoms with E-state index in [1.165, 1.54) is 20.3 Å². The van der Waals surface area contributed by atoms with Gasteiger partial charge in [-0.05, 0) is 59.0 Å². The van der Waals surface area contributed by atoms with Crippen molar-refractivity contribution in [2.45, 2.75) is 27.4 Å². The van der Waals surface area contributed by atoms with E-state index in [2.05, 4.69) is 10.3 Å². The zero-order valence-electron chi connectivity index (χ0n) is 27.1. The summed E-state index contributed by atoms with van der Waals surface area (Å²) in [6.45, 7) is 6.51. The van der Waals surface area contributed by atoms with E-state index in [1.807, 2.05) is 51.1 Å². The lowest BCUT2D eigenvalue weighted by molar-refractivity contribution is 0.0306. The molecule has 0 unspecified atom stereocenters. The molecule has 0 bridgehead atoms. The van der Waals surface area contributed by atoms with Crippen LogP contribution >= 0.6 is 0 Å². The first-order valence-corrected chi connectivity index (χ1v) is 14.8. The molecule has 3 aromatic carbocycles. The number of carbonyl (C=O) groups is 3. The number of nitrogen functional groups attached to an aromatic ring is 1. The van der Waals surface area contributed by atoms with Crippen LogP contribution in [0.25, 0.3) is 11.1 Å². The molecule has 2 amide bonds. The maximum absolute atomic E-state index is 13.7. The summed E-state index contributed by atoms with van der Waals surface area (Å²) in [4.78, 5) is 47.1. The molecule has 47 heavy (non-hydrogen) atoms. The quantitative estimate of drug-likeness (QED) is 0.0768.